The fourth-order valence-corrected chi connectivity index (χ4v) is 2.39. The monoisotopic (exact) mass is 289 g/mol. The minimum atomic E-state index is -0.00574. The number of aryl methyl sites for hydroxylation is 1. The predicted octanol–water partition coefficient (Wildman–Crippen LogP) is 1.78. The molecule has 2 amide bonds. The number of hydrogen-bond donors (Lipinski definition) is 2. The molecule has 1 aliphatic heterocycles. The Morgan fingerprint density at radius 2 is 2.19 bits per heavy atom. The van der Waals surface area contributed by atoms with Crippen LogP contribution in [0.4, 0.5) is 5.69 Å². The Bertz CT molecular complexity index is 528. The van der Waals surface area contributed by atoms with Crippen LogP contribution in [0.2, 0.25) is 0 Å². The lowest BCUT2D eigenvalue weighted by Crippen LogP contribution is -2.34. The highest BCUT2D eigenvalue weighted by molar-refractivity contribution is 6.00. The Balaban J connectivity index is 2.20. The third-order valence-corrected chi connectivity index (χ3v) is 3.57. The van der Waals surface area contributed by atoms with Gasteiger partial charge in [-0.25, -0.2) is 0 Å². The molecule has 1 aliphatic rings. The Kier molecular flexibility index (Phi) is 5.20. The van der Waals surface area contributed by atoms with Gasteiger partial charge < -0.3 is 15.5 Å². The molecule has 0 spiro atoms. The average molecular weight is 289 g/mol. The summed E-state index contributed by atoms with van der Waals surface area (Å²) in [5.41, 5.74) is 2.62. The van der Waals surface area contributed by atoms with E-state index < -0.39 is 0 Å². The summed E-state index contributed by atoms with van der Waals surface area (Å²) in [6, 6.07) is 5.88. The van der Waals surface area contributed by atoms with E-state index in [0.29, 0.717) is 31.6 Å². The zero-order chi connectivity index (χ0) is 15.2. The van der Waals surface area contributed by atoms with Gasteiger partial charge in [-0.2, -0.15) is 0 Å². The van der Waals surface area contributed by atoms with Crippen molar-refractivity contribution in [2.24, 2.45) is 0 Å². The maximum atomic E-state index is 12.7. The Labute approximate surface area is 125 Å². The second-order valence-electron chi connectivity index (χ2n) is 5.37. The number of amides is 2. The van der Waals surface area contributed by atoms with Crippen LogP contribution in [-0.4, -0.2) is 42.9 Å². The summed E-state index contributed by atoms with van der Waals surface area (Å²) in [7, 11) is 0. The lowest BCUT2D eigenvalue weighted by molar-refractivity contribution is -0.120. The van der Waals surface area contributed by atoms with E-state index in [2.05, 4.69) is 17.6 Å². The summed E-state index contributed by atoms with van der Waals surface area (Å²) in [5.74, 6) is 0.00711. The van der Waals surface area contributed by atoms with E-state index >= 15 is 0 Å². The van der Waals surface area contributed by atoms with Crippen LogP contribution in [0.1, 0.15) is 35.7 Å². The predicted molar refractivity (Wildman–Crippen MR) is 83.5 cm³/mol. The van der Waals surface area contributed by atoms with Gasteiger partial charge in [0.25, 0.3) is 5.91 Å². The van der Waals surface area contributed by atoms with Gasteiger partial charge in [0.1, 0.15) is 0 Å². The van der Waals surface area contributed by atoms with E-state index in [1.165, 1.54) is 0 Å². The number of carbonyl (C=O) groups excluding carboxylic acids is 2. The second-order valence-corrected chi connectivity index (χ2v) is 5.37. The van der Waals surface area contributed by atoms with E-state index in [0.717, 1.165) is 24.2 Å². The average Bonchev–Trinajstić information content (AvgIpc) is 2.70. The Morgan fingerprint density at radius 3 is 2.95 bits per heavy atom. The molecular weight excluding hydrogens is 266 g/mol. The molecule has 0 bridgehead atoms. The van der Waals surface area contributed by atoms with E-state index in [9.17, 15) is 9.59 Å². The highest BCUT2D eigenvalue weighted by Gasteiger charge is 2.21. The Hall–Kier alpha value is -2.04. The number of nitrogens with zero attached hydrogens (tertiary/aromatic N) is 1. The third kappa shape index (κ3) is 3.97. The molecule has 1 heterocycles. The first-order valence-electron chi connectivity index (χ1n) is 7.52. The summed E-state index contributed by atoms with van der Waals surface area (Å²) in [6.45, 7) is 6.47. The first kappa shape index (κ1) is 15.4. The van der Waals surface area contributed by atoms with E-state index in [1.54, 1.807) is 4.90 Å². The van der Waals surface area contributed by atoms with Gasteiger partial charge >= 0.3 is 0 Å². The van der Waals surface area contributed by atoms with E-state index in [4.69, 9.17) is 0 Å². The normalized spacial score (nSPS) is 15.3. The van der Waals surface area contributed by atoms with Crippen LogP contribution >= 0.6 is 0 Å². The summed E-state index contributed by atoms with van der Waals surface area (Å²) >= 11 is 0. The van der Waals surface area contributed by atoms with Gasteiger partial charge in [-0.3, -0.25) is 9.59 Å². The van der Waals surface area contributed by atoms with Crippen molar-refractivity contribution in [3.63, 3.8) is 0 Å². The number of carbonyl (C=O) groups is 2. The largest absolute Gasteiger partial charge is 0.384 e. The molecule has 1 aromatic rings. The maximum absolute atomic E-state index is 12.7. The molecule has 0 saturated carbocycles. The van der Waals surface area contributed by atoms with Crippen molar-refractivity contribution in [2.75, 3.05) is 31.5 Å². The fourth-order valence-electron chi connectivity index (χ4n) is 2.39. The first-order valence-corrected chi connectivity index (χ1v) is 7.52. The lowest BCUT2D eigenvalue weighted by atomic mass is 10.1. The fraction of sp³-hybridized carbons (Fsp3) is 0.500. The van der Waals surface area contributed by atoms with Crippen molar-refractivity contribution in [3.8, 4) is 0 Å². The van der Waals surface area contributed by atoms with Crippen LogP contribution in [0.3, 0.4) is 0 Å². The quantitative estimate of drug-likeness (QED) is 0.888. The van der Waals surface area contributed by atoms with Gasteiger partial charge in [0.2, 0.25) is 5.91 Å². The SMILES string of the molecule is CCCNc1ccc(C)cc1C(=O)N1CCNC(=O)CC1. The molecular formula is C16H23N3O2. The van der Waals surface area contributed by atoms with Gasteiger partial charge in [0.05, 0.1) is 5.56 Å². The molecule has 1 saturated heterocycles. The highest BCUT2D eigenvalue weighted by Crippen LogP contribution is 2.20. The van der Waals surface area contributed by atoms with Crippen molar-refractivity contribution < 1.29 is 9.59 Å². The molecule has 0 aromatic heterocycles. The molecule has 1 aromatic carbocycles. The van der Waals surface area contributed by atoms with Gasteiger partial charge in [0, 0.05) is 38.3 Å². The molecule has 5 heteroatoms. The van der Waals surface area contributed by atoms with Crippen molar-refractivity contribution >= 4 is 17.5 Å². The van der Waals surface area contributed by atoms with Gasteiger partial charge in [-0.1, -0.05) is 18.6 Å². The molecule has 0 atom stereocenters. The second kappa shape index (κ2) is 7.11. The molecule has 1 fully saturated rings. The molecule has 0 unspecified atom stereocenters. The molecule has 21 heavy (non-hydrogen) atoms. The number of hydrogen-bond acceptors (Lipinski definition) is 3. The lowest BCUT2D eigenvalue weighted by Gasteiger charge is -2.22. The van der Waals surface area contributed by atoms with Crippen LogP contribution in [0.5, 0.6) is 0 Å². The Morgan fingerprint density at radius 1 is 1.38 bits per heavy atom. The zero-order valence-corrected chi connectivity index (χ0v) is 12.7. The number of rotatable bonds is 4. The van der Waals surface area contributed by atoms with Crippen molar-refractivity contribution in [1.29, 1.82) is 0 Å². The smallest absolute Gasteiger partial charge is 0.256 e. The number of benzene rings is 1. The van der Waals surface area contributed by atoms with Crippen LogP contribution in [0.25, 0.3) is 0 Å². The zero-order valence-electron chi connectivity index (χ0n) is 12.7. The van der Waals surface area contributed by atoms with Crippen LogP contribution in [-0.2, 0) is 4.79 Å². The highest BCUT2D eigenvalue weighted by atomic mass is 16.2. The van der Waals surface area contributed by atoms with E-state index in [-0.39, 0.29) is 11.8 Å². The topological polar surface area (TPSA) is 61.4 Å². The number of nitrogens with one attached hydrogen (secondary N) is 2. The standard InChI is InChI=1S/C16H23N3O2/c1-3-7-17-14-5-4-12(2)11-13(14)16(21)19-9-6-15(20)18-8-10-19/h4-5,11,17H,3,6-10H2,1-2H3,(H,18,20). The first-order chi connectivity index (χ1) is 10.1. The summed E-state index contributed by atoms with van der Waals surface area (Å²) in [4.78, 5) is 25.9. The molecule has 2 rings (SSSR count). The minimum Gasteiger partial charge on any atom is -0.384 e. The molecule has 2 N–H and O–H groups in total. The third-order valence-electron chi connectivity index (χ3n) is 3.57. The van der Waals surface area contributed by atoms with Gasteiger partial charge in [-0.05, 0) is 25.5 Å². The van der Waals surface area contributed by atoms with Gasteiger partial charge in [-0.15, -0.1) is 0 Å². The molecule has 0 radical (unpaired) electrons. The van der Waals surface area contributed by atoms with Crippen LogP contribution < -0.4 is 10.6 Å². The summed E-state index contributed by atoms with van der Waals surface area (Å²) in [6.07, 6.45) is 1.37. The van der Waals surface area contributed by atoms with Crippen molar-refractivity contribution in [1.82, 2.24) is 10.2 Å². The molecule has 114 valence electrons. The molecule has 0 aliphatic carbocycles. The van der Waals surface area contributed by atoms with Crippen LogP contribution in [0.15, 0.2) is 18.2 Å². The maximum Gasteiger partial charge on any atom is 0.256 e. The summed E-state index contributed by atoms with van der Waals surface area (Å²) in [5, 5.41) is 6.10. The van der Waals surface area contributed by atoms with Crippen molar-refractivity contribution in [2.45, 2.75) is 26.7 Å². The summed E-state index contributed by atoms with van der Waals surface area (Å²) < 4.78 is 0. The van der Waals surface area contributed by atoms with Gasteiger partial charge in [0.15, 0.2) is 0 Å². The number of anilines is 1. The molecule has 5 nitrogen and oxygen atoms in total. The minimum absolute atomic E-state index is 0.00574. The van der Waals surface area contributed by atoms with Crippen LogP contribution in [0, 0.1) is 6.92 Å². The van der Waals surface area contributed by atoms with E-state index in [1.807, 2.05) is 25.1 Å². The van der Waals surface area contributed by atoms with Crippen molar-refractivity contribution in [3.05, 3.63) is 29.3 Å².